The largest absolute Gasteiger partial charge is 0.467 e. The minimum absolute atomic E-state index is 0.0694. The molecule has 0 aromatic carbocycles. The number of nitrogens with one attached hydrogen (secondary N) is 1. The molecule has 2 aromatic rings. The van der Waals surface area contributed by atoms with Crippen molar-refractivity contribution < 1.29 is 9.21 Å². The van der Waals surface area contributed by atoms with Gasteiger partial charge in [-0.25, -0.2) is 14.8 Å². The second-order valence-electron chi connectivity index (χ2n) is 4.76. The van der Waals surface area contributed by atoms with Crippen molar-refractivity contribution in [1.82, 2.24) is 20.2 Å². The van der Waals surface area contributed by atoms with Crippen LogP contribution in [0.2, 0.25) is 0 Å². The molecule has 2 aromatic heterocycles. The number of anilines is 1. The molecule has 0 saturated carbocycles. The Hall–Kier alpha value is -2.57. The first kappa shape index (κ1) is 13.4. The molecule has 1 aliphatic heterocycles. The van der Waals surface area contributed by atoms with Gasteiger partial charge in [0.1, 0.15) is 5.76 Å². The van der Waals surface area contributed by atoms with Crippen LogP contribution >= 0.6 is 0 Å². The fraction of sp³-hybridized carbons (Fsp3) is 0.357. The molecule has 0 bridgehead atoms. The quantitative estimate of drug-likeness (QED) is 0.915. The number of furan rings is 1. The number of hydrogen-bond donors (Lipinski definition) is 1. The molecule has 1 fully saturated rings. The lowest BCUT2D eigenvalue weighted by atomic mass is 10.3. The van der Waals surface area contributed by atoms with Crippen LogP contribution < -0.4 is 10.2 Å². The van der Waals surface area contributed by atoms with E-state index in [1.807, 2.05) is 6.07 Å². The number of amides is 2. The zero-order valence-electron chi connectivity index (χ0n) is 11.6. The lowest BCUT2D eigenvalue weighted by Crippen LogP contribution is -2.52. The maximum atomic E-state index is 12.1. The highest BCUT2D eigenvalue weighted by atomic mass is 16.3. The summed E-state index contributed by atoms with van der Waals surface area (Å²) in [5.74, 6) is 1.47. The first-order valence-electron chi connectivity index (χ1n) is 6.90. The van der Waals surface area contributed by atoms with E-state index in [0.717, 1.165) is 18.8 Å². The zero-order chi connectivity index (χ0) is 14.5. The van der Waals surface area contributed by atoms with Crippen LogP contribution in [0.25, 0.3) is 0 Å². The number of aromatic nitrogens is 2. The van der Waals surface area contributed by atoms with Gasteiger partial charge in [-0.3, -0.25) is 0 Å². The number of hydrogen-bond acceptors (Lipinski definition) is 5. The molecule has 7 nitrogen and oxygen atoms in total. The summed E-state index contributed by atoms with van der Waals surface area (Å²) >= 11 is 0. The molecule has 3 heterocycles. The fourth-order valence-electron chi connectivity index (χ4n) is 2.25. The Labute approximate surface area is 122 Å². The number of carbonyl (C=O) groups excluding carboxylic acids is 1. The third-order valence-corrected chi connectivity index (χ3v) is 3.40. The molecular weight excluding hydrogens is 270 g/mol. The third-order valence-electron chi connectivity index (χ3n) is 3.40. The highest BCUT2D eigenvalue weighted by Gasteiger charge is 2.22. The van der Waals surface area contributed by atoms with Gasteiger partial charge in [0.05, 0.1) is 12.8 Å². The molecule has 0 radical (unpaired) electrons. The molecule has 0 aliphatic carbocycles. The van der Waals surface area contributed by atoms with E-state index in [1.54, 1.807) is 35.7 Å². The first-order valence-corrected chi connectivity index (χ1v) is 6.90. The minimum atomic E-state index is -0.0694. The van der Waals surface area contributed by atoms with Crippen molar-refractivity contribution in [3.63, 3.8) is 0 Å². The van der Waals surface area contributed by atoms with Gasteiger partial charge in [0.2, 0.25) is 5.95 Å². The van der Waals surface area contributed by atoms with E-state index in [9.17, 15) is 4.79 Å². The summed E-state index contributed by atoms with van der Waals surface area (Å²) in [6.45, 7) is 3.19. The van der Waals surface area contributed by atoms with Crippen molar-refractivity contribution in [2.75, 3.05) is 31.1 Å². The van der Waals surface area contributed by atoms with Crippen molar-refractivity contribution in [3.05, 3.63) is 42.6 Å². The summed E-state index contributed by atoms with van der Waals surface area (Å²) in [6, 6.07) is 5.37. The lowest BCUT2D eigenvalue weighted by molar-refractivity contribution is 0.193. The Bertz CT molecular complexity index is 564. The number of piperazine rings is 1. The van der Waals surface area contributed by atoms with Crippen LogP contribution in [0.3, 0.4) is 0 Å². The van der Waals surface area contributed by atoms with Crippen LogP contribution in [0.1, 0.15) is 5.76 Å². The van der Waals surface area contributed by atoms with Gasteiger partial charge in [-0.15, -0.1) is 0 Å². The summed E-state index contributed by atoms with van der Waals surface area (Å²) in [6.07, 6.45) is 5.05. The van der Waals surface area contributed by atoms with E-state index < -0.39 is 0 Å². The molecule has 7 heteroatoms. The van der Waals surface area contributed by atoms with Gasteiger partial charge in [0.15, 0.2) is 0 Å². The SMILES string of the molecule is O=C(NCc1ccco1)N1CCN(c2ncccn2)CC1. The number of nitrogens with zero attached hydrogens (tertiary/aromatic N) is 4. The monoisotopic (exact) mass is 287 g/mol. The lowest BCUT2D eigenvalue weighted by Gasteiger charge is -2.34. The van der Waals surface area contributed by atoms with E-state index in [-0.39, 0.29) is 6.03 Å². The van der Waals surface area contributed by atoms with E-state index in [1.165, 1.54) is 0 Å². The van der Waals surface area contributed by atoms with Crippen LogP contribution in [0.15, 0.2) is 41.3 Å². The zero-order valence-corrected chi connectivity index (χ0v) is 11.6. The van der Waals surface area contributed by atoms with Crippen LogP contribution in [0.4, 0.5) is 10.7 Å². The van der Waals surface area contributed by atoms with Crippen LogP contribution in [-0.4, -0.2) is 47.1 Å². The maximum Gasteiger partial charge on any atom is 0.317 e. The third kappa shape index (κ3) is 3.31. The molecular formula is C14H17N5O2. The van der Waals surface area contributed by atoms with E-state index in [0.29, 0.717) is 25.6 Å². The van der Waals surface area contributed by atoms with Crippen LogP contribution in [-0.2, 0) is 6.54 Å². The number of urea groups is 1. The molecule has 1 saturated heterocycles. The van der Waals surface area contributed by atoms with Crippen molar-refractivity contribution >= 4 is 12.0 Å². The Morgan fingerprint density at radius 2 is 1.95 bits per heavy atom. The fourth-order valence-corrected chi connectivity index (χ4v) is 2.25. The molecule has 0 atom stereocenters. The van der Waals surface area contributed by atoms with Gasteiger partial charge in [-0.05, 0) is 18.2 Å². The van der Waals surface area contributed by atoms with Gasteiger partial charge < -0.3 is 19.5 Å². The summed E-state index contributed by atoms with van der Waals surface area (Å²) in [7, 11) is 0. The molecule has 2 amide bonds. The van der Waals surface area contributed by atoms with E-state index in [2.05, 4.69) is 20.2 Å². The van der Waals surface area contributed by atoms with Gasteiger partial charge >= 0.3 is 6.03 Å². The van der Waals surface area contributed by atoms with Crippen LogP contribution in [0, 0.1) is 0 Å². The molecule has 3 rings (SSSR count). The predicted molar refractivity (Wildman–Crippen MR) is 76.8 cm³/mol. The van der Waals surface area contributed by atoms with E-state index in [4.69, 9.17) is 4.42 Å². The van der Waals surface area contributed by atoms with Crippen molar-refractivity contribution in [3.8, 4) is 0 Å². The van der Waals surface area contributed by atoms with Crippen molar-refractivity contribution in [2.24, 2.45) is 0 Å². The molecule has 1 aliphatic rings. The normalized spacial score (nSPS) is 15.0. The van der Waals surface area contributed by atoms with E-state index >= 15 is 0 Å². The van der Waals surface area contributed by atoms with Crippen molar-refractivity contribution in [1.29, 1.82) is 0 Å². The van der Waals surface area contributed by atoms with Gasteiger partial charge in [-0.1, -0.05) is 0 Å². The van der Waals surface area contributed by atoms with Gasteiger partial charge in [0.25, 0.3) is 0 Å². The molecule has 1 N–H and O–H groups in total. The average Bonchev–Trinajstić information content (AvgIpc) is 3.07. The summed E-state index contributed by atoms with van der Waals surface area (Å²) in [5, 5.41) is 2.85. The standard InChI is InChI=1S/C14H17N5O2/c20-14(17-11-12-3-1-10-21-12)19-8-6-18(7-9-19)13-15-4-2-5-16-13/h1-5,10H,6-9,11H2,(H,17,20). The topological polar surface area (TPSA) is 74.5 Å². The maximum absolute atomic E-state index is 12.1. The second-order valence-corrected chi connectivity index (χ2v) is 4.76. The molecule has 21 heavy (non-hydrogen) atoms. The smallest absolute Gasteiger partial charge is 0.317 e. The summed E-state index contributed by atoms with van der Waals surface area (Å²) in [4.78, 5) is 24.4. The first-order chi connectivity index (χ1) is 10.3. The second kappa shape index (κ2) is 6.25. The summed E-state index contributed by atoms with van der Waals surface area (Å²) < 4.78 is 5.19. The Balaban J connectivity index is 1.48. The van der Waals surface area contributed by atoms with Crippen molar-refractivity contribution in [2.45, 2.75) is 6.54 Å². The molecule has 110 valence electrons. The van der Waals surface area contributed by atoms with Crippen LogP contribution in [0.5, 0.6) is 0 Å². The van der Waals surface area contributed by atoms with Gasteiger partial charge in [-0.2, -0.15) is 0 Å². The molecule has 0 spiro atoms. The Morgan fingerprint density at radius 1 is 1.19 bits per heavy atom. The van der Waals surface area contributed by atoms with Gasteiger partial charge in [0, 0.05) is 38.6 Å². The minimum Gasteiger partial charge on any atom is -0.467 e. The average molecular weight is 287 g/mol. The number of rotatable bonds is 3. The molecule has 0 unspecified atom stereocenters. The predicted octanol–water partition coefficient (Wildman–Crippen LogP) is 1.10. The highest BCUT2D eigenvalue weighted by Crippen LogP contribution is 2.09. The Morgan fingerprint density at radius 3 is 2.62 bits per heavy atom. The number of carbonyl (C=O) groups is 1. The highest BCUT2D eigenvalue weighted by molar-refractivity contribution is 5.74. The summed E-state index contributed by atoms with van der Waals surface area (Å²) in [5.41, 5.74) is 0. The Kier molecular flexibility index (Phi) is 3.99.